The summed E-state index contributed by atoms with van der Waals surface area (Å²) >= 11 is 0. The minimum Gasteiger partial charge on any atom is -0.377 e. The van der Waals surface area contributed by atoms with Gasteiger partial charge >= 0.3 is 0 Å². The molecule has 2 saturated carbocycles. The molecule has 0 radical (unpaired) electrons. The van der Waals surface area contributed by atoms with E-state index in [1.807, 2.05) is 0 Å². The van der Waals surface area contributed by atoms with Crippen LogP contribution in [0.4, 0.5) is 0 Å². The van der Waals surface area contributed by atoms with Crippen molar-refractivity contribution in [1.82, 2.24) is 0 Å². The first-order valence-corrected chi connectivity index (χ1v) is 8.05. The lowest BCUT2D eigenvalue weighted by Gasteiger charge is -2.60. The van der Waals surface area contributed by atoms with Crippen LogP contribution in [-0.4, -0.2) is 12.7 Å². The normalized spacial score (nSPS) is 46.0. The fourth-order valence-electron chi connectivity index (χ4n) is 5.04. The molecule has 2 aliphatic carbocycles. The van der Waals surface area contributed by atoms with Gasteiger partial charge in [-0.05, 0) is 47.8 Å². The maximum Gasteiger partial charge on any atom is 0.0611 e. The van der Waals surface area contributed by atoms with E-state index >= 15 is 0 Å². The molecule has 3 rings (SSSR count). The lowest BCUT2D eigenvalue weighted by Crippen LogP contribution is -2.58. The molecule has 0 amide bonds. The zero-order chi connectivity index (χ0) is 13.0. The van der Waals surface area contributed by atoms with Gasteiger partial charge in [-0.1, -0.05) is 47.0 Å². The minimum atomic E-state index is 0.327. The van der Waals surface area contributed by atoms with E-state index in [0.717, 1.165) is 24.4 Å². The van der Waals surface area contributed by atoms with Gasteiger partial charge in [-0.15, -0.1) is 0 Å². The summed E-state index contributed by atoms with van der Waals surface area (Å²) < 4.78 is 6.28. The van der Waals surface area contributed by atoms with Crippen LogP contribution in [0.2, 0.25) is 0 Å². The van der Waals surface area contributed by atoms with Crippen molar-refractivity contribution in [1.29, 1.82) is 0 Å². The van der Waals surface area contributed by atoms with Crippen LogP contribution < -0.4 is 0 Å². The third kappa shape index (κ3) is 1.77. The van der Waals surface area contributed by atoms with Crippen LogP contribution in [0, 0.1) is 28.6 Å². The highest BCUT2D eigenvalue weighted by atomic mass is 16.5. The van der Waals surface area contributed by atoms with Gasteiger partial charge in [0.05, 0.1) is 12.7 Å². The number of fused-ring (bicyclic) bond motifs is 3. The highest BCUT2D eigenvalue weighted by Gasteiger charge is 2.56. The minimum absolute atomic E-state index is 0.327. The maximum atomic E-state index is 6.28. The molecule has 0 aromatic heterocycles. The van der Waals surface area contributed by atoms with Crippen molar-refractivity contribution < 1.29 is 4.74 Å². The summed E-state index contributed by atoms with van der Waals surface area (Å²) in [6.07, 6.45) is 9.21. The molecule has 4 unspecified atom stereocenters. The summed E-state index contributed by atoms with van der Waals surface area (Å²) in [5.74, 6) is 2.77. The quantitative estimate of drug-likeness (QED) is 0.608. The Labute approximate surface area is 113 Å². The van der Waals surface area contributed by atoms with Gasteiger partial charge in [0.25, 0.3) is 0 Å². The molecule has 0 N–H and O–H groups in total. The van der Waals surface area contributed by atoms with E-state index in [1.165, 1.54) is 38.5 Å². The Kier molecular flexibility index (Phi) is 3.05. The van der Waals surface area contributed by atoms with Crippen molar-refractivity contribution in [3.63, 3.8) is 0 Å². The van der Waals surface area contributed by atoms with Gasteiger partial charge < -0.3 is 4.74 Å². The number of hydrogen-bond acceptors (Lipinski definition) is 1. The third-order valence-electron chi connectivity index (χ3n) is 6.89. The summed E-state index contributed by atoms with van der Waals surface area (Å²) in [4.78, 5) is 0. The first-order chi connectivity index (χ1) is 8.43. The molecule has 1 aliphatic heterocycles. The zero-order valence-corrected chi connectivity index (χ0v) is 12.7. The van der Waals surface area contributed by atoms with Crippen LogP contribution in [0.3, 0.4) is 0 Å². The van der Waals surface area contributed by atoms with Gasteiger partial charge in [0.2, 0.25) is 0 Å². The smallest absolute Gasteiger partial charge is 0.0611 e. The fraction of sp³-hybridized carbons (Fsp3) is 1.00. The third-order valence-corrected chi connectivity index (χ3v) is 6.89. The summed E-state index contributed by atoms with van der Waals surface area (Å²) in [6.45, 7) is 10.8. The van der Waals surface area contributed by atoms with E-state index < -0.39 is 0 Å². The van der Waals surface area contributed by atoms with Gasteiger partial charge in [0, 0.05) is 0 Å². The molecule has 1 heteroatoms. The van der Waals surface area contributed by atoms with Gasteiger partial charge in [0.15, 0.2) is 0 Å². The maximum absolute atomic E-state index is 6.28. The van der Waals surface area contributed by atoms with E-state index in [4.69, 9.17) is 4.74 Å². The van der Waals surface area contributed by atoms with Crippen molar-refractivity contribution in [2.24, 2.45) is 28.6 Å². The fourth-order valence-corrected chi connectivity index (χ4v) is 5.04. The summed E-state index contributed by atoms with van der Waals surface area (Å²) in [5, 5.41) is 0. The lowest BCUT2D eigenvalue weighted by molar-refractivity contribution is -0.209. The van der Waals surface area contributed by atoms with E-state index in [9.17, 15) is 0 Å². The SMILES string of the molecule is CC1(C)COC2CCC3CCCCC3C2C1(C)C. The second kappa shape index (κ2) is 4.23. The lowest BCUT2D eigenvalue weighted by atomic mass is 9.49. The van der Waals surface area contributed by atoms with Gasteiger partial charge in [-0.2, -0.15) is 0 Å². The molecule has 0 spiro atoms. The highest BCUT2D eigenvalue weighted by molar-refractivity contribution is 5.04. The second-order valence-corrected chi connectivity index (χ2v) is 8.27. The molecule has 104 valence electrons. The molecule has 3 fully saturated rings. The van der Waals surface area contributed by atoms with Crippen molar-refractivity contribution in [2.45, 2.75) is 72.3 Å². The predicted octanol–water partition coefficient (Wildman–Crippen LogP) is 4.65. The van der Waals surface area contributed by atoms with Crippen molar-refractivity contribution in [2.75, 3.05) is 6.61 Å². The molecule has 1 nitrogen and oxygen atoms in total. The summed E-state index contributed by atoms with van der Waals surface area (Å²) in [7, 11) is 0. The van der Waals surface area contributed by atoms with Crippen LogP contribution in [0.5, 0.6) is 0 Å². The Morgan fingerprint density at radius 3 is 2.39 bits per heavy atom. The summed E-state index contributed by atoms with van der Waals surface area (Å²) in [6, 6.07) is 0. The molecular weight excluding hydrogens is 220 g/mol. The molecule has 3 aliphatic rings. The van der Waals surface area contributed by atoms with Gasteiger partial charge in [-0.3, -0.25) is 0 Å². The first-order valence-electron chi connectivity index (χ1n) is 8.05. The average molecular weight is 250 g/mol. The van der Waals surface area contributed by atoms with Crippen molar-refractivity contribution in [3.8, 4) is 0 Å². The van der Waals surface area contributed by atoms with E-state index in [-0.39, 0.29) is 0 Å². The molecule has 4 atom stereocenters. The Hall–Kier alpha value is -0.0400. The van der Waals surface area contributed by atoms with Gasteiger partial charge in [-0.25, -0.2) is 0 Å². The topological polar surface area (TPSA) is 9.23 Å². The molecule has 0 aromatic carbocycles. The molecule has 18 heavy (non-hydrogen) atoms. The largest absolute Gasteiger partial charge is 0.377 e. The van der Waals surface area contributed by atoms with Crippen LogP contribution in [0.25, 0.3) is 0 Å². The van der Waals surface area contributed by atoms with Gasteiger partial charge in [0.1, 0.15) is 0 Å². The van der Waals surface area contributed by atoms with Crippen LogP contribution in [0.15, 0.2) is 0 Å². The zero-order valence-electron chi connectivity index (χ0n) is 12.7. The van der Waals surface area contributed by atoms with E-state index in [2.05, 4.69) is 27.7 Å². The Balaban J connectivity index is 1.92. The summed E-state index contributed by atoms with van der Waals surface area (Å²) in [5.41, 5.74) is 0.754. The Bertz CT molecular complexity index is 318. The number of hydrogen-bond donors (Lipinski definition) is 0. The second-order valence-electron chi connectivity index (χ2n) is 8.27. The molecule has 0 bridgehead atoms. The van der Waals surface area contributed by atoms with E-state index in [1.54, 1.807) is 0 Å². The Morgan fingerprint density at radius 2 is 1.61 bits per heavy atom. The van der Waals surface area contributed by atoms with Crippen molar-refractivity contribution >= 4 is 0 Å². The van der Waals surface area contributed by atoms with Crippen LogP contribution in [-0.2, 0) is 4.74 Å². The molecule has 1 heterocycles. The van der Waals surface area contributed by atoms with E-state index in [0.29, 0.717) is 16.9 Å². The van der Waals surface area contributed by atoms with Crippen LogP contribution >= 0.6 is 0 Å². The molecule has 1 saturated heterocycles. The highest BCUT2D eigenvalue weighted by Crippen LogP contribution is 2.59. The monoisotopic (exact) mass is 250 g/mol. The van der Waals surface area contributed by atoms with Crippen LogP contribution in [0.1, 0.15) is 66.2 Å². The molecule has 0 aromatic rings. The standard InChI is InChI=1S/C17H30O/c1-16(2)11-18-14-10-9-12-7-5-6-8-13(12)15(14)17(16,3)4/h12-15H,5-11H2,1-4H3. The number of ether oxygens (including phenoxy) is 1. The Morgan fingerprint density at radius 1 is 0.889 bits per heavy atom. The molecular formula is C17H30O. The average Bonchev–Trinajstić information content (AvgIpc) is 2.34. The first kappa shape index (κ1) is 13.0. The van der Waals surface area contributed by atoms with Crippen molar-refractivity contribution in [3.05, 3.63) is 0 Å². The predicted molar refractivity (Wildman–Crippen MR) is 75.5 cm³/mol. The number of rotatable bonds is 0.